The van der Waals surface area contributed by atoms with Gasteiger partial charge in [-0.15, -0.1) is 0 Å². The van der Waals surface area contributed by atoms with Gasteiger partial charge in [0.05, 0.1) is 4.92 Å². The first-order chi connectivity index (χ1) is 12.1. The average Bonchev–Trinajstić information content (AvgIpc) is 2.61. The zero-order valence-electron chi connectivity index (χ0n) is 14.3. The summed E-state index contributed by atoms with van der Waals surface area (Å²) in [6.45, 7) is 2.25. The van der Waals surface area contributed by atoms with Crippen molar-refractivity contribution in [2.45, 2.75) is 51.7 Å². The fourth-order valence-corrected chi connectivity index (χ4v) is 3.01. The van der Waals surface area contributed by atoms with E-state index in [1.165, 1.54) is 25.5 Å². The van der Waals surface area contributed by atoms with Crippen molar-refractivity contribution >= 4 is 11.5 Å². The van der Waals surface area contributed by atoms with E-state index in [0.717, 1.165) is 18.4 Å². The third-order valence-electron chi connectivity index (χ3n) is 4.39. The Balaban J connectivity index is 1.60. The van der Waals surface area contributed by atoms with E-state index in [0.29, 0.717) is 23.8 Å². The van der Waals surface area contributed by atoms with Gasteiger partial charge in [-0.3, -0.25) is 10.1 Å². The maximum atomic E-state index is 10.8. The van der Waals surface area contributed by atoms with Crippen molar-refractivity contribution in [3.8, 4) is 5.88 Å². The predicted octanol–water partition coefficient (Wildman–Crippen LogP) is 4.02. The molecule has 0 atom stereocenters. The van der Waals surface area contributed by atoms with Crippen LogP contribution in [-0.4, -0.2) is 21.0 Å². The standard InChI is InChI=1S/C18H22N4O3/c1-13-9-17(21-12-16(13)22(23)24)20-11-14-7-8-19-18(10-14)25-15-5-3-2-4-6-15/h7-10,12,15H,2-6,11H2,1H3,(H,20,21). The van der Waals surface area contributed by atoms with Gasteiger partial charge >= 0.3 is 0 Å². The van der Waals surface area contributed by atoms with Gasteiger partial charge in [0, 0.05) is 24.4 Å². The monoisotopic (exact) mass is 342 g/mol. The van der Waals surface area contributed by atoms with E-state index in [1.54, 1.807) is 19.2 Å². The van der Waals surface area contributed by atoms with Crippen LogP contribution in [0.5, 0.6) is 5.88 Å². The summed E-state index contributed by atoms with van der Waals surface area (Å²) in [5, 5.41) is 14.0. The van der Waals surface area contributed by atoms with Gasteiger partial charge in [-0.1, -0.05) is 6.42 Å². The molecule has 0 spiro atoms. The molecule has 7 heteroatoms. The number of ether oxygens (including phenoxy) is 1. The van der Waals surface area contributed by atoms with Gasteiger partial charge in [0.15, 0.2) is 0 Å². The summed E-state index contributed by atoms with van der Waals surface area (Å²) in [6.07, 6.45) is 9.20. The van der Waals surface area contributed by atoms with Crippen molar-refractivity contribution in [1.29, 1.82) is 0 Å². The minimum absolute atomic E-state index is 0.0256. The second-order valence-corrected chi connectivity index (χ2v) is 6.35. The van der Waals surface area contributed by atoms with Crippen LogP contribution < -0.4 is 10.1 Å². The summed E-state index contributed by atoms with van der Waals surface area (Å²) in [5.74, 6) is 1.26. The van der Waals surface area contributed by atoms with Gasteiger partial charge in [0.25, 0.3) is 5.69 Å². The first kappa shape index (κ1) is 17.1. The van der Waals surface area contributed by atoms with Gasteiger partial charge in [-0.2, -0.15) is 0 Å². The number of hydrogen-bond acceptors (Lipinski definition) is 6. The summed E-state index contributed by atoms with van der Waals surface area (Å²) in [6, 6.07) is 5.53. The molecule has 1 aliphatic rings. The Hall–Kier alpha value is -2.70. The van der Waals surface area contributed by atoms with Crippen molar-refractivity contribution in [1.82, 2.24) is 9.97 Å². The molecular weight excluding hydrogens is 320 g/mol. The Labute approximate surface area is 146 Å². The van der Waals surface area contributed by atoms with Crippen molar-refractivity contribution in [2.24, 2.45) is 0 Å². The third kappa shape index (κ3) is 4.65. The van der Waals surface area contributed by atoms with Crippen molar-refractivity contribution in [2.75, 3.05) is 5.32 Å². The number of aryl methyl sites for hydroxylation is 1. The normalized spacial score (nSPS) is 14.9. The molecule has 0 bridgehead atoms. The zero-order chi connectivity index (χ0) is 17.6. The van der Waals surface area contributed by atoms with Crippen LogP contribution in [0, 0.1) is 17.0 Å². The van der Waals surface area contributed by atoms with Gasteiger partial charge in [0.1, 0.15) is 18.1 Å². The second kappa shape index (κ2) is 7.92. The lowest BCUT2D eigenvalue weighted by Gasteiger charge is -2.22. The Morgan fingerprint density at radius 1 is 1.28 bits per heavy atom. The number of anilines is 1. The van der Waals surface area contributed by atoms with Crippen LogP contribution in [0.15, 0.2) is 30.6 Å². The number of nitro groups is 1. The average molecular weight is 342 g/mol. The molecule has 0 amide bonds. The van der Waals surface area contributed by atoms with E-state index in [1.807, 2.05) is 12.1 Å². The van der Waals surface area contributed by atoms with Crippen molar-refractivity contribution in [3.05, 3.63) is 51.8 Å². The minimum Gasteiger partial charge on any atom is -0.474 e. The lowest BCUT2D eigenvalue weighted by atomic mass is 9.98. The van der Waals surface area contributed by atoms with E-state index in [-0.39, 0.29) is 11.8 Å². The highest BCUT2D eigenvalue weighted by atomic mass is 16.6. The first-order valence-corrected chi connectivity index (χ1v) is 8.58. The van der Waals surface area contributed by atoms with E-state index in [2.05, 4.69) is 15.3 Å². The fraction of sp³-hybridized carbons (Fsp3) is 0.444. The number of rotatable bonds is 6. The number of nitrogens with one attached hydrogen (secondary N) is 1. The number of hydrogen-bond donors (Lipinski definition) is 1. The SMILES string of the molecule is Cc1cc(NCc2ccnc(OC3CCCCC3)c2)ncc1[N+](=O)[O-]. The molecule has 2 aromatic rings. The highest BCUT2D eigenvalue weighted by molar-refractivity contribution is 5.47. The minimum atomic E-state index is -0.427. The summed E-state index contributed by atoms with van der Waals surface area (Å²) < 4.78 is 5.98. The third-order valence-corrected chi connectivity index (χ3v) is 4.39. The second-order valence-electron chi connectivity index (χ2n) is 6.35. The zero-order valence-corrected chi connectivity index (χ0v) is 14.3. The van der Waals surface area contributed by atoms with Crippen LogP contribution in [0.3, 0.4) is 0 Å². The topological polar surface area (TPSA) is 90.2 Å². The largest absolute Gasteiger partial charge is 0.474 e. The van der Waals surface area contributed by atoms with Crippen LogP contribution in [-0.2, 0) is 6.54 Å². The molecule has 1 N–H and O–H groups in total. The van der Waals surface area contributed by atoms with Crippen LogP contribution in [0.1, 0.15) is 43.2 Å². The Morgan fingerprint density at radius 2 is 2.08 bits per heavy atom. The van der Waals surface area contributed by atoms with Crippen LogP contribution in [0.25, 0.3) is 0 Å². The highest BCUT2D eigenvalue weighted by Gasteiger charge is 2.15. The maximum absolute atomic E-state index is 10.8. The molecule has 1 saturated carbocycles. The molecule has 1 fully saturated rings. The molecule has 0 radical (unpaired) electrons. The molecule has 7 nitrogen and oxygen atoms in total. The fourth-order valence-electron chi connectivity index (χ4n) is 3.01. The Bertz CT molecular complexity index is 745. The molecular formula is C18H22N4O3. The van der Waals surface area contributed by atoms with E-state index in [9.17, 15) is 10.1 Å². The first-order valence-electron chi connectivity index (χ1n) is 8.58. The van der Waals surface area contributed by atoms with Crippen LogP contribution >= 0.6 is 0 Å². The van der Waals surface area contributed by atoms with Gasteiger partial charge in [-0.05, 0) is 50.3 Å². The lowest BCUT2D eigenvalue weighted by molar-refractivity contribution is -0.385. The summed E-state index contributed by atoms with van der Waals surface area (Å²) in [7, 11) is 0. The lowest BCUT2D eigenvalue weighted by Crippen LogP contribution is -2.20. The van der Waals surface area contributed by atoms with Gasteiger partial charge in [0.2, 0.25) is 5.88 Å². The van der Waals surface area contributed by atoms with E-state index in [4.69, 9.17) is 4.74 Å². The molecule has 0 saturated heterocycles. The van der Waals surface area contributed by atoms with E-state index >= 15 is 0 Å². The molecule has 3 rings (SSSR count). The van der Waals surface area contributed by atoms with Crippen molar-refractivity contribution < 1.29 is 9.66 Å². The van der Waals surface area contributed by atoms with Gasteiger partial charge in [-0.25, -0.2) is 9.97 Å². The Morgan fingerprint density at radius 3 is 2.80 bits per heavy atom. The smallest absolute Gasteiger partial charge is 0.290 e. The Kier molecular flexibility index (Phi) is 5.42. The molecule has 2 heterocycles. The highest BCUT2D eigenvalue weighted by Crippen LogP contribution is 2.23. The molecule has 25 heavy (non-hydrogen) atoms. The quantitative estimate of drug-likeness (QED) is 0.630. The number of aromatic nitrogens is 2. The molecule has 0 aromatic carbocycles. The summed E-state index contributed by atoms with van der Waals surface area (Å²) in [4.78, 5) is 18.8. The number of pyridine rings is 2. The maximum Gasteiger partial charge on any atom is 0.290 e. The molecule has 2 aromatic heterocycles. The van der Waals surface area contributed by atoms with Crippen molar-refractivity contribution in [3.63, 3.8) is 0 Å². The molecule has 132 valence electrons. The summed E-state index contributed by atoms with van der Waals surface area (Å²) in [5.41, 5.74) is 1.63. The number of nitrogens with zero attached hydrogens (tertiary/aromatic N) is 3. The van der Waals surface area contributed by atoms with Crippen LogP contribution in [0.2, 0.25) is 0 Å². The predicted molar refractivity (Wildman–Crippen MR) is 94.7 cm³/mol. The van der Waals surface area contributed by atoms with E-state index < -0.39 is 4.92 Å². The molecule has 0 unspecified atom stereocenters. The molecule has 1 aliphatic carbocycles. The van der Waals surface area contributed by atoms with Gasteiger partial charge < -0.3 is 10.1 Å². The summed E-state index contributed by atoms with van der Waals surface area (Å²) >= 11 is 0. The molecule has 0 aliphatic heterocycles. The van der Waals surface area contributed by atoms with Crippen LogP contribution in [0.4, 0.5) is 11.5 Å².